The van der Waals surface area contributed by atoms with Crippen molar-refractivity contribution < 1.29 is 0 Å². The summed E-state index contributed by atoms with van der Waals surface area (Å²) >= 11 is 1.23. The SMILES string of the molecule is CN(Cc1cccnc1)Cc1nnsc1N. The first-order valence-electron chi connectivity index (χ1n) is 4.90. The third-order valence-corrected chi connectivity index (χ3v) is 2.78. The molecule has 0 saturated heterocycles. The number of nitrogen functional groups attached to an aromatic ring is 1. The summed E-state index contributed by atoms with van der Waals surface area (Å²) in [7, 11) is 2.02. The zero-order valence-electron chi connectivity index (χ0n) is 9.00. The Morgan fingerprint density at radius 1 is 1.44 bits per heavy atom. The first-order valence-corrected chi connectivity index (χ1v) is 5.67. The van der Waals surface area contributed by atoms with Crippen molar-refractivity contribution in [3.8, 4) is 0 Å². The van der Waals surface area contributed by atoms with Crippen LogP contribution in [0.5, 0.6) is 0 Å². The van der Waals surface area contributed by atoms with Crippen LogP contribution in [0.25, 0.3) is 0 Å². The lowest BCUT2D eigenvalue weighted by molar-refractivity contribution is 0.315. The minimum absolute atomic E-state index is 0.693. The molecule has 0 bridgehead atoms. The predicted molar refractivity (Wildman–Crippen MR) is 63.7 cm³/mol. The summed E-state index contributed by atoms with van der Waals surface area (Å²) in [6, 6.07) is 3.98. The maximum atomic E-state index is 5.74. The molecule has 2 rings (SSSR count). The van der Waals surface area contributed by atoms with E-state index in [0.29, 0.717) is 11.5 Å². The summed E-state index contributed by atoms with van der Waals surface area (Å²) in [6.07, 6.45) is 3.63. The summed E-state index contributed by atoms with van der Waals surface area (Å²) in [6.45, 7) is 1.53. The van der Waals surface area contributed by atoms with Gasteiger partial charge in [0, 0.05) is 37.0 Å². The van der Waals surface area contributed by atoms with E-state index in [1.807, 2.05) is 25.4 Å². The van der Waals surface area contributed by atoms with Gasteiger partial charge in [-0.05, 0) is 18.7 Å². The normalized spacial score (nSPS) is 10.9. The molecular formula is C10H13N5S. The Morgan fingerprint density at radius 2 is 2.31 bits per heavy atom. The molecule has 84 valence electrons. The smallest absolute Gasteiger partial charge is 0.132 e. The van der Waals surface area contributed by atoms with Crippen molar-refractivity contribution in [3.05, 3.63) is 35.8 Å². The van der Waals surface area contributed by atoms with Crippen LogP contribution in [-0.2, 0) is 13.1 Å². The Labute approximate surface area is 98.1 Å². The van der Waals surface area contributed by atoms with E-state index in [2.05, 4.69) is 19.5 Å². The summed E-state index contributed by atoms with van der Waals surface area (Å²) in [5.74, 6) is 0. The Kier molecular flexibility index (Phi) is 3.43. The summed E-state index contributed by atoms with van der Waals surface area (Å²) < 4.78 is 3.81. The molecule has 0 aliphatic carbocycles. The minimum Gasteiger partial charge on any atom is -0.388 e. The van der Waals surface area contributed by atoms with Crippen molar-refractivity contribution in [3.63, 3.8) is 0 Å². The Morgan fingerprint density at radius 3 is 2.94 bits per heavy atom. The largest absolute Gasteiger partial charge is 0.388 e. The molecule has 0 atom stereocenters. The van der Waals surface area contributed by atoms with Gasteiger partial charge in [0.2, 0.25) is 0 Å². The highest BCUT2D eigenvalue weighted by molar-refractivity contribution is 7.09. The van der Waals surface area contributed by atoms with Crippen LogP contribution >= 0.6 is 11.5 Å². The molecule has 2 aromatic rings. The molecule has 0 fully saturated rings. The molecule has 0 saturated carbocycles. The second-order valence-electron chi connectivity index (χ2n) is 3.62. The summed E-state index contributed by atoms with van der Waals surface area (Å²) in [5.41, 5.74) is 7.75. The van der Waals surface area contributed by atoms with Crippen LogP contribution in [-0.4, -0.2) is 26.5 Å². The fraction of sp³-hybridized carbons (Fsp3) is 0.300. The topological polar surface area (TPSA) is 67.9 Å². The molecule has 0 unspecified atom stereocenters. The van der Waals surface area contributed by atoms with E-state index >= 15 is 0 Å². The van der Waals surface area contributed by atoms with Gasteiger partial charge in [-0.1, -0.05) is 10.6 Å². The highest BCUT2D eigenvalue weighted by Crippen LogP contribution is 2.14. The molecule has 16 heavy (non-hydrogen) atoms. The van der Waals surface area contributed by atoms with Crippen LogP contribution in [0.4, 0.5) is 5.00 Å². The van der Waals surface area contributed by atoms with Gasteiger partial charge in [0.1, 0.15) is 10.7 Å². The van der Waals surface area contributed by atoms with Gasteiger partial charge >= 0.3 is 0 Å². The average molecular weight is 235 g/mol. The van der Waals surface area contributed by atoms with Gasteiger partial charge in [-0.2, -0.15) is 0 Å². The maximum Gasteiger partial charge on any atom is 0.132 e. The molecule has 0 spiro atoms. The predicted octanol–water partition coefficient (Wildman–Crippen LogP) is 1.15. The molecule has 5 nitrogen and oxygen atoms in total. The summed E-state index contributed by atoms with van der Waals surface area (Å²) in [4.78, 5) is 6.20. The highest BCUT2D eigenvalue weighted by Gasteiger charge is 2.08. The van der Waals surface area contributed by atoms with Gasteiger partial charge in [0.15, 0.2) is 0 Å². The van der Waals surface area contributed by atoms with Crippen molar-refractivity contribution in [2.45, 2.75) is 13.1 Å². The van der Waals surface area contributed by atoms with Crippen LogP contribution in [0, 0.1) is 0 Å². The van der Waals surface area contributed by atoms with Crippen molar-refractivity contribution in [2.75, 3.05) is 12.8 Å². The Balaban J connectivity index is 1.95. The molecule has 2 N–H and O–H groups in total. The van der Waals surface area contributed by atoms with Gasteiger partial charge in [-0.3, -0.25) is 9.88 Å². The van der Waals surface area contributed by atoms with E-state index in [0.717, 1.165) is 12.2 Å². The second-order valence-corrected chi connectivity index (χ2v) is 4.40. The van der Waals surface area contributed by atoms with Gasteiger partial charge in [-0.15, -0.1) is 5.10 Å². The van der Waals surface area contributed by atoms with E-state index in [1.165, 1.54) is 17.1 Å². The molecule has 0 aliphatic rings. The zero-order valence-corrected chi connectivity index (χ0v) is 9.81. The van der Waals surface area contributed by atoms with E-state index in [4.69, 9.17) is 5.73 Å². The van der Waals surface area contributed by atoms with E-state index in [-0.39, 0.29) is 0 Å². The number of aromatic nitrogens is 3. The molecule has 0 aromatic carbocycles. The van der Waals surface area contributed by atoms with Crippen LogP contribution in [0.15, 0.2) is 24.5 Å². The molecule has 2 aromatic heterocycles. The molecule has 0 radical (unpaired) electrons. The average Bonchev–Trinajstić information content (AvgIpc) is 2.66. The fourth-order valence-electron chi connectivity index (χ4n) is 1.44. The molecule has 6 heteroatoms. The first kappa shape index (κ1) is 11.0. The third-order valence-electron chi connectivity index (χ3n) is 2.18. The molecule has 0 amide bonds. The number of nitrogens with zero attached hydrogens (tertiary/aromatic N) is 4. The van der Waals surface area contributed by atoms with Gasteiger partial charge in [-0.25, -0.2) is 0 Å². The van der Waals surface area contributed by atoms with Gasteiger partial charge in [0.05, 0.1) is 0 Å². The van der Waals surface area contributed by atoms with Crippen LogP contribution in [0.1, 0.15) is 11.3 Å². The van der Waals surface area contributed by atoms with Crippen molar-refractivity contribution in [1.82, 2.24) is 19.5 Å². The highest BCUT2D eigenvalue weighted by atomic mass is 32.1. The monoisotopic (exact) mass is 235 g/mol. The Bertz CT molecular complexity index is 441. The number of rotatable bonds is 4. The minimum atomic E-state index is 0.693. The zero-order chi connectivity index (χ0) is 11.4. The van der Waals surface area contributed by atoms with Crippen LogP contribution in [0.2, 0.25) is 0 Å². The number of anilines is 1. The molecular weight excluding hydrogens is 222 g/mol. The fourth-order valence-corrected chi connectivity index (χ4v) is 1.88. The van der Waals surface area contributed by atoms with Gasteiger partial charge in [0.25, 0.3) is 0 Å². The number of hydrogen-bond acceptors (Lipinski definition) is 6. The molecule has 2 heterocycles. The standard InChI is InChI=1S/C10H13N5S/c1-15(6-8-3-2-4-12-5-8)7-9-10(11)16-14-13-9/h2-5H,6-7,11H2,1H3. The van der Waals surface area contributed by atoms with Crippen molar-refractivity contribution in [2.24, 2.45) is 0 Å². The number of nitrogens with two attached hydrogens (primary N) is 1. The van der Waals surface area contributed by atoms with Crippen LogP contribution < -0.4 is 5.73 Å². The van der Waals surface area contributed by atoms with Crippen LogP contribution in [0.3, 0.4) is 0 Å². The summed E-state index contributed by atoms with van der Waals surface area (Å²) in [5, 5.41) is 4.68. The van der Waals surface area contributed by atoms with E-state index in [1.54, 1.807) is 6.20 Å². The third kappa shape index (κ3) is 2.74. The van der Waals surface area contributed by atoms with Crippen molar-refractivity contribution >= 4 is 16.5 Å². The lowest BCUT2D eigenvalue weighted by Gasteiger charge is -2.14. The number of pyridine rings is 1. The van der Waals surface area contributed by atoms with E-state index in [9.17, 15) is 0 Å². The molecule has 0 aliphatic heterocycles. The van der Waals surface area contributed by atoms with Crippen molar-refractivity contribution in [1.29, 1.82) is 0 Å². The lowest BCUT2D eigenvalue weighted by Crippen LogP contribution is -2.18. The first-order chi connectivity index (χ1) is 7.75. The Hall–Kier alpha value is -1.53. The maximum absolute atomic E-state index is 5.74. The number of hydrogen-bond donors (Lipinski definition) is 1. The van der Waals surface area contributed by atoms with E-state index < -0.39 is 0 Å². The quantitative estimate of drug-likeness (QED) is 0.861. The lowest BCUT2D eigenvalue weighted by atomic mass is 10.2. The second kappa shape index (κ2) is 5.00. The van der Waals surface area contributed by atoms with Gasteiger partial charge < -0.3 is 5.73 Å².